The number of nitrogens with zero attached hydrogens (tertiary/aromatic N) is 6. The second-order valence-electron chi connectivity index (χ2n) is 7.47. The van der Waals surface area contributed by atoms with E-state index in [1.54, 1.807) is 28.9 Å². The third-order valence-electron chi connectivity index (χ3n) is 5.25. The van der Waals surface area contributed by atoms with Crippen LogP contribution in [-0.4, -0.2) is 49.3 Å². The number of amides is 1. The Balaban J connectivity index is 1.73. The highest BCUT2D eigenvalue weighted by Gasteiger charge is 2.36. The summed E-state index contributed by atoms with van der Waals surface area (Å²) in [5.41, 5.74) is -0.160. The molecule has 8 nitrogen and oxygen atoms in total. The summed E-state index contributed by atoms with van der Waals surface area (Å²) >= 11 is 6.16. The Kier molecular flexibility index (Phi) is 6.22. The molecule has 0 atom stereocenters. The molecule has 0 saturated heterocycles. The largest absolute Gasteiger partial charge is 0.497 e. The van der Waals surface area contributed by atoms with Crippen molar-refractivity contribution in [3.63, 3.8) is 0 Å². The van der Waals surface area contributed by atoms with Crippen LogP contribution in [0.2, 0.25) is 5.02 Å². The van der Waals surface area contributed by atoms with E-state index in [9.17, 15) is 18.0 Å². The minimum Gasteiger partial charge on any atom is -0.497 e. The van der Waals surface area contributed by atoms with Gasteiger partial charge in [-0.05, 0) is 37.3 Å². The Hall–Kier alpha value is -3.60. The fourth-order valence-electron chi connectivity index (χ4n) is 3.50. The van der Waals surface area contributed by atoms with Gasteiger partial charge in [0.15, 0.2) is 17.0 Å². The number of alkyl halides is 3. The number of benzene rings is 1. The SMILES string of the molecule is CCn1ncc(Cl)c1CN(C)C(=O)c1cc2nc(-c3ccc(OC)cc3)cc(C(F)(F)F)n2n1. The number of rotatable bonds is 6. The molecule has 0 N–H and O–H groups in total. The smallest absolute Gasteiger partial charge is 0.433 e. The summed E-state index contributed by atoms with van der Waals surface area (Å²) in [6, 6.07) is 8.60. The summed E-state index contributed by atoms with van der Waals surface area (Å²) in [5.74, 6) is -0.0183. The first-order valence-electron chi connectivity index (χ1n) is 10.2. The Morgan fingerprint density at radius 2 is 1.91 bits per heavy atom. The van der Waals surface area contributed by atoms with Crippen LogP contribution < -0.4 is 4.74 Å². The maximum atomic E-state index is 13.9. The standard InChI is InChI=1S/C22H20ClF3N6O2/c1-4-31-18(15(23)11-27-31)12-30(2)21(33)17-10-20-28-16(13-5-7-14(34-3)8-6-13)9-19(22(24,25)26)32(20)29-17/h5-11H,4,12H2,1-3H3. The molecule has 0 saturated carbocycles. The van der Waals surface area contributed by atoms with E-state index in [1.165, 1.54) is 31.3 Å². The summed E-state index contributed by atoms with van der Waals surface area (Å²) in [6.45, 7) is 2.53. The molecule has 178 valence electrons. The van der Waals surface area contributed by atoms with Crippen molar-refractivity contribution in [3.8, 4) is 17.0 Å². The number of aryl methyl sites for hydroxylation is 1. The zero-order valence-corrected chi connectivity index (χ0v) is 19.2. The highest BCUT2D eigenvalue weighted by atomic mass is 35.5. The number of hydrogen-bond acceptors (Lipinski definition) is 5. The normalized spacial score (nSPS) is 11.7. The topological polar surface area (TPSA) is 77.5 Å². The minimum atomic E-state index is -4.72. The second-order valence-corrected chi connectivity index (χ2v) is 7.88. The number of methoxy groups -OCH3 is 1. The van der Waals surface area contributed by atoms with Gasteiger partial charge in [-0.3, -0.25) is 9.48 Å². The Labute approximate surface area is 197 Å². The first-order valence-corrected chi connectivity index (χ1v) is 10.6. The van der Waals surface area contributed by atoms with Gasteiger partial charge in [0.1, 0.15) is 5.75 Å². The molecule has 12 heteroatoms. The molecule has 34 heavy (non-hydrogen) atoms. The molecule has 0 aliphatic rings. The van der Waals surface area contributed by atoms with E-state index in [0.717, 1.165) is 6.07 Å². The van der Waals surface area contributed by atoms with Gasteiger partial charge in [0.2, 0.25) is 0 Å². The van der Waals surface area contributed by atoms with Gasteiger partial charge in [0, 0.05) is 25.2 Å². The van der Waals surface area contributed by atoms with Crippen LogP contribution in [0.4, 0.5) is 13.2 Å². The van der Waals surface area contributed by atoms with Crippen LogP contribution >= 0.6 is 11.6 Å². The molecule has 3 heterocycles. The van der Waals surface area contributed by atoms with E-state index in [1.807, 2.05) is 6.92 Å². The minimum absolute atomic E-state index is 0.0911. The zero-order valence-electron chi connectivity index (χ0n) is 18.5. The third kappa shape index (κ3) is 4.43. The highest BCUT2D eigenvalue weighted by molar-refractivity contribution is 6.31. The predicted octanol–water partition coefficient (Wildman–Crippen LogP) is 4.57. The van der Waals surface area contributed by atoms with E-state index in [4.69, 9.17) is 16.3 Å². The van der Waals surface area contributed by atoms with Crippen LogP contribution in [0.1, 0.15) is 28.8 Å². The van der Waals surface area contributed by atoms with Gasteiger partial charge in [0.05, 0.1) is 36.3 Å². The van der Waals surface area contributed by atoms with Gasteiger partial charge in [0.25, 0.3) is 5.91 Å². The number of aromatic nitrogens is 5. The fourth-order valence-corrected chi connectivity index (χ4v) is 3.70. The monoisotopic (exact) mass is 492 g/mol. The van der Waals surface area contributed by atoms with Crippen molar-refractivity contribution in [2.24, 2.45) is 0 Å². The van der Waals surface area contributed by atoms with Crippen molar-refractivity contribution >= 4 is 23.2 Å². The average molecular weight is 493 g/mol. The lowest BCUT2D eigenvalue weighted by Crippen LogP contribution is -2.28. The van der Waals surface area contributed by atoms with Crippen molar-refractivity contribution in [1.82, 2.24) is 29.3 Å². The predicted molar refractivity (Wildman–Crippen MR) is 119 cm³/mol. The van der Waals surface area contributed by atoms with Crippen molar-refractivity contribution in [2.45, 2.75) is 26.2 Å². The number of ether oxygens (including phenoxy) is 1. The van der Waals surface area contributed by atoms with Crippen LogP contribution in [0.3, 0.4) is 0 Å². The molecule has 4 aromatic rings. The number of carbonyl (C=O) groups is 1. The van der Waals surface area contributed by atoms with E-state index >= 15 is 0 Å². The summed E-state index contributed by atoms with van der Waals surface area (Å²) in [6.07, 6.45) is -3.24. The van der Waals surface area contributed by atoms with E-state index < -0.39 is 17.8 Å². The molecular weight excluding hydrogens is 473 g/mol. The van der Waals surface area contributed by atoms with Gasteiger partial charge in [-0.15, -0.1) is 0 Å². The van der Waals surface area contributed by atoms with Crippen LogP contribution in [0.5, 0.6) is 5.75 Å². The summed E-state index contributed by atoms with van der Waals surface area (Å²) in [5, 5.41) is 8.44. The van der Waals surface area contributed by atoms with Gasteiger partial charge in [-0.2, -0.15) is 23.4 Å². The summed E-state index contributed by atoms with van der Waals surface area (Å²) in [7, 11) is 3.00. The molecule has 0 unspecified atom stereocenters. The van der Waals surface area contributed by atoms with Crippen LogP contribution in [0, 0.1) is 0 Å². The summed E-state index contributed by atoms with van der Waals surface area (Å²) < 4.78 is 48.9. The van der Waals surface area contributed by atoms with Crippen LogP contribution in [-0.2, 0) is 19.3 Å². The molecular formula is C22H20ClF3N6O2. The van der Waals surface area contributed by atoms with E-state index in [2.05, 4.69) is 15.2 Å². The van der Waals surface area contributed by atoms with Crippen LogP contribution in [0.15, 0.2) is 42.6 Å². The lowest BCUT2D eigenvalue weighted by atomic mass is 10.1. The van der Waals surface area contributed by atoms with Crippen LogP contribution in [0.25, 0.3) is 16.9 Å². The van der Waals surface area contributed by atoms with Crippen molar-refractivity contribution < 1.29 is 22.7 Å². The molecule has 1 aromatic carbocycles. The zero-order chi connectivity index (χ0) is 24.6. The highest BCUT2D eigenvalue weighted by Crippen LogP contribution is 2.33. The Morgan fingerprint density at radius 3 is 2.53 bits per heavy atom. The van der Waals surface area contributed by atoms with Gasteiger partial charge in [-0.1, -0.05) is 11.6 Å². The maximum Gasteiger partial charge on any atom is 0.433 e. The molecule has 3 aromatic heterocycles. The average Bonchev–Trinajstić information content (AvgIpc) is 3.40. The molecule has 0 radical (unpaired) electrons. The molecule has 0 aliphatic heterocycles. The van der Waals surface area contributed by atoms with Crippen molar-refractivity contribution in [1.29, 1.82) is 0 Å². The first-order chi connectivity index (χ1) is 16.1. The number of hydrogen-bond donors (Lipinski definition) is 0. The molecule has 0 aliphatic carbocycles. The number of fused-ring (bicyclic) bond motifs is 1. The van der Waals surface area contributed by atoms with Gasteiger partial charge >= 0.3 is 6.18 Å². The number of halogens is 4. The molecule has 4 rings (SSSR count). The third-order valence-corrected chi connectivity index (χ3v) is 5.57. The van der Waals surface area contributed by atoms with Crippen molar-refractivity contribution in [2.75, 3.05) is 14.2 Å². The molecule has 1 amide bonds. The van der Waals surface area contributed by atoms with Gasteiger partial charge < -0.3 is 9.64 Å². The van der Waals surface area contributed by atoms with Crippen molar-refractivity contribution in [3.05, 3.63) is 64.7 Å². The molecule has 0 bridgehead atoms. The molecule has 0 fully saturated rings. The maximum absolute atomic E-state index is 13.9. The lowest BCUT2D eigenvalue weighted by Gasteiger charge is -2.16. The van der Waals surface area contributed by atoms with Gasteiger partial charge in [-0.25, -0.2) is 9.50 Å². The van der Waals surface area contributed by atoms with E-state index in [-0.39, 0.29) is 23.6 Å². The Bertz CT molecular complexity index is 1350. The fraction of sp³-hybridized carbons (Fsp3) is 0.273. The van der Waals surface area contributed by atoms with E-state index in [0.29, 0.717) is 33.1 Å². The first kappa shape index (κ1) is 23.6. The molecule has 0 spiro atoms. The number of carbonyl (C=O) groups excluding carboxylic acids is 1. The second kappa shape index (κ2) is 8.98. The summed E-state index contributed by atoms with van der Waals surface area (Å²) in [4.78, 5) is 18.6. The lowest BCUT2D eigenvalue weighted by molar-refractivity contribution is -0.142. The Morgan fingerprint density at radius 1 is 1.21 bits per heavy atom. The quantitative estimate of drug-likeness (QED) is 0.394.